The first kappa shape index (κ1) is 70.5. The van der Waals surface area contributed by atoms with E-state index in [2.05, 4.69) is 74.1 Å². The number of allylic oxidation sites excluding steroid dienone is 6. The van der Waals surface area contributed by atoms with Gasteiger partial charge in [0.2, 0.25) is 0 Å². The summed E-state index contributed by atoms with van der Waals surface area (Å²) >= 11 is 0. The molecule has 0 aromatic carbocycles. The Morgan fingerprint density at radius 3 is 0.932 bits per heavy atom. The molecule has 74 heavy (non-hydrogen) atoms. The minimum Gasteiger partial charge on any atom is -0.465 e. The highest BCUT2D eigenvalue weighted by atomic mass is 16.5. The Morgan fingerprint density at radius 1 is 0.365 bits per heavy atom. The quantitative estimate of drug-likeness (QED) is 0.0342. The largest absolute Gasteiger partial charge is 0.465 e. The van der Waals surface area contributed by atoms with Crippen LogP contribution in [0.3, 0.4) is 0 Å². The van der Waals surface area contributed by atoms with Gasteiger partial charge in [-0.15, -0.1) is 0 Å². The van der Waals surface area contributed by atoms with E-state index in [1.807, 2.05) is 0 Å². The van der Waals surface area contributed by atoms with Crippen molar-refractivity contribution in [1.29, 1.82) is 0 Å². The van der Waals surface area contributed by atoms with Gasteiger partial charge in [-0.05, 0) is 103 Å². The second-order valence-corrected chi connectivity index (χ2v) is 23.0. The number of esters is 1. The van der Waals surface area contributed by atoms with Gasteiger partial charge in [0, 0.05) is 52.5 Å². The molecule has 7 nitrogen and oxygen atoms in total. The van der Waals surface area contributed by atoms with E-state index in [1.165, 1.54) is 250 Å². The zero-order valence-electron chi connectivity index (χ0n) is 50.3. The number of unbranched alkanes of at least 4 members (excludes halogenated alkanes) is 36. The number of rotatable bonds is 59. The first-order chi connectivity index (χ1) is 36.5. The average Bonchev–Trinajstić information content (AvgIpc) is 3.41. The summed E-state index contributed by atoms with van der Waals surface area (Å²) in [5.74, 6) is -0.122. The first-order valence-electron chi connectivity index (χ1n) is 32.8. The lowest BCUT2D eigenvalue weighted by atomic mass is 9.92. The van der Waals surface area contributed by atoms with E-state index < -0.39 is 5.41 Å². The minimum atomic E-state index is -0.517. The van der Waals surface area contributed by atoms with Crippen LogP contribution in [0.4, 0.5) is 0 Å². The van der Waals surface area contributed by atoms with Crippen LogP contribution in [0.2, 0.25) is 0 Å². The predicted octanol–water partition coefficient (Wildman–Crippen LogP) is 19.3. The van der Waals surface area contributed by atoms with Crippen molar-refractivity contribution in [2.75, 3.05) is 86.0 Å². The zero-order valence-corrected chi connectivity index (χ0v) is 50.3. The van der Waals surface area contributed by atoms with E-state index >= 15 is 0 Å². The Balaban J connectivity index is 2.62. The lowest BCUT2D eigenvalue weighted by Crippen LogP contribution is -2.45. The maximum Gasteiger partial charge on any atom is 0.307 e. The second kappa shape index (κ2) is 57.7. The van der Waals surface area contributed by atoms with Crippen LogP contribution in [0.15, 0.2) is 36.5 Å². The monoisotopic (exact) mass is 1040 g/mol. The normalized spacial score (nSPS) is 14.0. The van der Waals surface area contributed by atoms with Crippen LogP contribution in [0.5, 0.6) is 0 Å². The topological polar surface area (TPSA) is 60.5 Å². The molecule has 1 fully saturated rings. The zero-order chi connectivity index (χ0) is 53.2. The van der Waals surface area contributed by atoms with Crippen molar-refractivity contribution >= 4 is 5.97 Å². The van der Waals surface area contributed by atoms with Gasteiger partial charge in [0.1, 0.15) is 6.61 Å². The third-order valence-corrected chi connectivity index (χ3v) is 15.4. The third kappa shape index (κ3) is 50.0. The van der Waals surface area contributed by atoms with Crippen molar-refractivity contribution in [3.63, 3.8) is 0 Å². The van der Waals surface area contributed by atoms with Crippen LogP contribution < -0.4 is 0 Å². The van der Waals surface area contributed by atoms with Gasteiger partial charge in [0.05, 0.1) is 31.7 Å². The molecule has 1 aliphatic heterocycles. The molecule has 0 unspecified atom stereocenters. The van der Waals surface area contributed by atoms with Crippen LogP contribution in [0, 0.1) is 5.41 Å². The number of carbonyl (C=O) groups excluding carboxylic acids is 1. The van der Waals surface area contributed by atoms with E-state index in [0.717, 1.165) is 71.8 Å². The van der Waals surface area contributed by atoms with E-state index in [0.29, 0.717) is 26.2 Å². The predicted molar refractivity (Wildman–Crippen MR) is 323 cm³/mol. The Morgan fingerprint density at radius 2 is 0.635 bits per heavy atom. The molecule has 1 rings (SSSR count). The van der Waals surface area contributed by atoms with Crippen molar-refractivity contribution in [3.05, 3.63) is 36.5 Å². The van der Waals surface area contributed by atoms with Gasteiger partial charge in [-0.25, -0.2) is 0 Å². The molecule has 1 heterocycles. The molecule has 436 valence electrons. The molecular formula is C67H128N2O5. The summed E-state index contributed by atoms with van der Waals surface area (Å²) in [7, 11) is 2.17. The standard InChI is InChI=1S/C67H128N2O5/c1-5-8-11-14-17-20-23-26-29-32-35-38-41-44-47-50-59-71-62-67(65-74-66(70)53-54-69-57-55-68(4)56-58-69,63-72-60-51-48-45-42-39-36-33-30-27-24-21-18-15-12-9-6-2)64-73-61-52-49-46-43-40-37-34-31-28-25-22-19-16-13-10-7-3/h26-31H,5-25,32-65H2,1-4H3/b29-26-,30-27-,31-28-. The lowest BCUT2D eigenvalue weighted by Gasteiger charge is -2.33. The number of hydrogen-bond acceptors (Lipinski definition) is 7. The fraction of sp³-hybridized carbons (Fsp3) is 0.896. The smallest absolute Gasteiger partial charge is 0.307 e. The molecule has 0 aromatic rings. The SMILES string of the molecule is CCCCCCCC/C=C\CCCCCCCCOCC(COCCCCCCCC/C=C\CCCCCCCC)(COCCCCCCCC/C=C\CCCCCCCC)COC(=O)CCN1CCN(C)CC1. The lowest BCUT2D eigenvalue weighted by molar-refractivity contribution is -0.156. The highest BCUT2D eigenvalue weighted by molar-refractivity contribution is 5.69. The van der Waals surface area contributed by atoms with Gasteiger partial charge in [0.15, 0.2) is 0 Å². The van der Waals surface area contributed by atoms with E-state index in [9.17, 15) is 4.79 Å². The number of nitrogens with zero attached hydrogens (tertiary/aromatic N) is 2. The highest BCUT2D eigenvalue weighted by Crippen LogP contribution is 2.23. The van der Waals surface area contributed by atoms with Crippen molar-refractivity contribution in [2.24, 2.45) is 5.41 Å². The van der Waals surface area contributed by atoms with Gasteiger partial charge in [0.25, 0.3) is 0 Å². The molecule has 0 saturated carbocycles. The Labute approximate surface area is 462 Å². The molecule has 0 N–H and O–H groups in total. The molecule has 0 aromatic heterocycles. The van der Waals surface area contributed by atoms with Gasteiger partial charge < -0.3 is 28.7 Å². The van der Waals surface area contributed by atoms with Crippen molar-refractivity contribution in [3.8, 4) is 0 Å². The summed E-state index contributed by atoms with van der Waals surface area (Å²) < 4.78 is 25.7. The Bertz CT molecular complexity index is 1100. The van der Waals surface area contributed by atoms with Crippen molar-refractivity contribution in [1.82, 2.24) is 9.80 Å². The highest BCUT2D eigenvalue weighted by Gasteiger charge is 2.34. The molecule has 0 atom stereocenters. The molecule has 1 saturated heterocycles. The van der Waals surface area contributed by atoms with Gasteiger partial charge in [-0.2, -0.15) is 0 Å². The van der Waals surface area contributed by atoms with E-state index in [-0.39, 0.29) is 12.6 Å². The van der Waals surface area contributed by atoms with E-state index in [1.54, 1.807) is 0 Å². The van der Waals surface area contributed by atoms with Gasteiger partial charge in [-0.3, -0.25) is 4.79 Å². The fourth-order valence-electron chi connectivity index (χ4n) is 10.1. The first-order valence-corrected chi connectivity index (χ1v) is 32.8. The number of piperazine rings is 1. The van der Waals surface area contributed by atoms with E-state index in [4.69, 9.17) is 18.9 Å². The summed E-state index contributed by atoms with van der Waals surface area (Å²) in [5, 5.41) is 0. The summed E-state index contributed by atoms with van der Waals surface area (Å²) in [6.07, 6.45) is 69.5. The third-order valence-electron chi connectivity index (χ3n) is 15.4. The number of hydrogen-bond donors (Lipinski definition) is 0. The Kier molecular flexibility index (Phi) is 54.9. The maximum atomic E-state index is 13.3. The fourth-order valence-corrected chi connectivity index (χ4v) is 10.1. The summed E-state index contributed by atoms with van der Waals surface area (Å²) in [5.41, 5.74) is -0.517. The molecule has 0 amide bonds. The number of ether oxygens (including phenoxy) is 4. The second-order valence-electron chi connectivity index (χ2n) is 23.0. The summed E-state index contributed by atoms with van der Waals surface area (Å²) in [4.78, 5) is 18.1. The van der Waals surface area contributed by atoms with Crippen molar-refractivity contribution < 1.29 is 23.7 Å². The van der Waals surface area contributed by atoms with Crippen molar-refractivity contribution in [2.45, 2.75) is 297 Å². The number of likely N-dealkylation sites (N-methyl/N-ethyl adjacent to an activating group) is 1. The molecule has 0 bridgehead atoms. The molecular weight excluding hydrogens is 913 g/mol. The maximum absolute atomic E-state index is 13.3. The van der Waals surface area contributed by atoms with Crippen LogP contribution >= 0.6 is 0 Å². The molecule has 0 aliphatic carbocycles. The molecule has 1 aliphatic rings. The molecule has 0 spiro atoms. The van der Waals surface area contributed by atoms with Gasteiger partial charge >= 0.3 is 5.97 Å². The summed E-state index contributed by atoms with van der Waals surface area (Å²) in [6, 6.07) is 0. The van der Waals surface area contributed by atoms with Gasteiger partial charge in [-0.1, -0.05) is 231 Å². The van der Waals surface area contributed by atoms with Crippen LogP contribution in [-0.4, -0.2) is 102 Å². The molecule has 7 heteroatoms. The molecule has 0 radical (unpaired) electrons. The van der Waals surface area contributed by atoms with Crippen LogP contribution in [0.25, 0.3) is 0 Å². The summed E-state index contributed by atoms with van der Waals surface area (Å²) in [6.45, 7) is 15.7. The van der Waals surface area contributed by atoms with Crippen LogP contribution in [-0.2, 0) is 23.7 Å². The minimum absolute atomic E-state index is 0.122. The number of carbonyl (C=O) groups is 1. The average molecular weight is 1040 g/mol. The van der Waals surface area contributed by atoms with Crippen LogP contribution in [0.1, 0.15) is 297 Å². The Hall–Kier alpha value is -1.51.